The van der Waals surface area contributed by atoms with E-state index in [0.717, 1.165) is 66.1 Å². The standard InChI is InChI=1S/C26H36N4O3.C21H27N2O2/c1-2-7-25(27)26(33)28-15-4-6-17-29-16-5-3-8-23(29)12-9-22-10-13-24(14-11-22)30(18-20-31)19-21-32;1-2-3-12-22-13-10-20(11-14-22)5-4-19-6-8-21(9-7-19)23(15-17-24)16-18-25/h2-3,5,8-14,16,25,31-32H,1,4,6-7,15,17-21,27H2;2,4-11,13-14,24-25H,1,3,12,15-18H2/q;+1/p+1. The largest absolute Gasteiger partial charge is 0.395 e. The van der Waals surface area contributed by atoms with Crippen LogP contribution in [-0.4, -0.2) is 91.5 Å². The van der Waals surface area contributed by atoms with Crippen molar-refractivity contribution >= 4 is 41.6 Å². The van der Waals surface area contributed by atoms with Gasteiger partial charge < -0.3 is 41.3 Å². The van der Waals surface area contributed by atoms with Crippen LogP contribution in [0.4, 0.5) is 11.4 Å². The number of nitrogens with two attached hydrogens (primary N) is 1. The summed E-state index contributed by atoms with van der Waals surface area (Å²) in [6.45, 7) is 12.0. The van der Waals surface area contributed by atoms with Gasteiger partial charge in [0.25, 0.3) is 0 Å². The van der Waals surface area contributed by atoms with Crippen molar-refractivity contribution in [1.29, 1.82) is 0 Å². The molecule has 0 fully saturated rings. The van der Waals surface area contributed by atoms with Crippen LogP contribution in [0.1, 0.15) is 48.1 Å². The van der Waals surface area contributed by atoms with Crippen LogP contribution in [0.15, 0.2) is 123 Å². The van der Waals surface area contributed by atoms with Gasteiger partial charge in [0.2, 0.25) is 11.6 Å². The van der Waals surface area contributed by atoms with E-state index in [4.69, 9.17) is 15.9 Å². The first-order chi connectivity index (χ1) is 28.3. The third-order valence-electron chi connectivity index (χ3n) is 9.28. The molecule has 1 unspecified atom stereocenters. The molecular formula is C47H64N6O5+2. The Morgan fingerprint density at radius 2 is 1.17 bits per heavy atom. The summed E-state index contributed by atoms with van der Waals surface area (Å²) >= 11 is 0. The summed E-state index contributed by atoms with van der Waals surface area (Å²) in [6.07, 6.45) is 21.4. The minimum absolute atomic E-state index is 0.0465. The van der Waals surface area contributed by atoms with Crippen LogP contribution < -0.4 is 30.0 Å². The third-order valence-corrected chi connectivity index (χ3v) is 9.28. The first kappa shape index (κ1) is 46.9. The Balaban J connectivity index is 0.000000322. The maximum atomic E-state index is 11.8. The molecule has 0 aliphatic rings. The molecule has 4 rings (SSSR count). The molecular weight excluding hydrogens is 729 g/mol. The summed E-state index contributed by atoms with van der Waals surface area (Å²) in [6, 6.07) is 25.9. The van der Waals surface area contributed by atoms with Crippen LogP contribution >= 0.6 is 0 Å². The fraction of sp³-hybridized carbons (Fsp3) is 0.340. The maximum absolute atomic E-state index is 11.8. The maximum Gasteiger partial charge on any atom is 0.237 e. The number of nitrogens with zero attached hydrogens (tertiary/aromatic N) is 4. The lowest BCUT2D eigenvalue weighted by molar-refractivity contribution is -0.699. The van der Waals surface area contributed by atoms with Crippen molar-refractivity contribution in [1.82, 2.24) is 5.32 Å². The molecule has 2 heterocycles. The Morgan fingerprint density at radius 1 is 0.655 bits per heavy atom. The quantitative estimate of drug-likeness (QED) is 0.0332. The van der Waals surface area contributed by atoms with Gasteiger partial charge in [-0.05, 0) is 65.9 Å². The van der Waals surface area contributed by atoms with Gasteiger partial charge in [-0.3, -0.25) is 4.79 Å². The number of hydrogen-bond acceptors (Lipinski definition) is 8. The first-order valence-corrected chi connectivity index (χ1v) is 20.1. The Morgan fingerprint density at radius 3 is 1.67 bits per heavy atom. The van der Waals surface area contributed by atoms with Crippen molar-refractivity contribution in [2.24, 2.45) is 5.73 Å². The minimum Gasteiger partial charge on any atom is -0.395 e. The van der Waals surface area contributed by atoms with Crippen LogP contribution in [0.25, 0.3) is 24.3 Å². The lowest BCUT2D eigenvalue weighted by Crippen LogP contribution is -2.41. The zero-order valence-corrected chi connectivity index (χ0v) is 33.9. The number of allylic oxidation sites excluding steroid dienone is 1. The van der Waals surface area contributed by atoms with Crippen LogP contribution in [-0.2, 0) is 17.9 Å². The molecule has 0 aliphatic carbocycles. The summed E-state index contributed by atoms with van der Waals surface area (Å²) < 4.78 is 4.34. The highest BCUT2D eigenvalue weighted by atomic mass is 16.3. The molecule has 310 valence electrons. The lowest BCUT2D eigenvalue weighted by atomic mass is 10.1. The molecule has 58 heavy (non-hydrogen) atoms. The van der Waals surface area contributed by atoms with Gasteiger partial charge in [0, 0.05) is 87.3 Å². The first-order valence-electron chi connectivity index (χ1n) is 20.1. The number of amides is 1. The van der Waals surface area contributed by atoms with Crippen LogP contribution in [0.2, 0.25) is 0 Å². The summed E-state index contributed by atoms with van der Waals surface area (Å²) in [7, 11) is 0. The monoisotopic (exact) mass is 792 g/mol. The SMILES string of the molecule is C=CCC(N)C(=O)NCCCC[n+]1ccccc1/C=C/c1ccc(N(CCO)CCO)cc1.C=CCC[n+]1ccc(/C=C/c2ccc(N(CCO)CCO)cc2)cc1. The van der Waals surface area contributed by atoms with Gasteiger partial charge in [0.15, 0.2) is 25.1 Å². The molecule has 0 radical (unpaired) electrons. The highest BCUT2D eigenvalue weighted by molar-refractivity contribution is 5.81. The second-order valence-electron chi connectivity index (χ2n) is 13.6. The lowest BCUT2D eigenvalue weighted by Gasteiger charge is -2.22. The number of unbranched alkanes of at least 4 members (excludes halogenated alkanes) is 1. The number of carbonyl (C=O) groups is 1. The normalized spacial score (nSPS) is 11.5. The number of aromatic nitrogens is 2. The second kappa shape index (κ2) is 28.0. The van der Waals surface area contributed by atoms with E-state index in [9.17, 15) is 15.0 Å². The van der Waals surface area contributed by atoms with E-state index < -0.39 is 6.04 Å². The number of pyridine rings is 2. The number of anilines is 2. The van der Waals surface area contributed by atoms with E-state index in [1.54, 1.807) is 6.08 Å². The van der Waals surface area contributed by atoms with E-state index in [-0.39, 0.29) is 32.3 Å². The molecule has 0 saturated heterocycles. The van der Waals surface area contributed by atoms with Gasteiger partial charge in [-0.25, -0.2) is 4.57 Å². The van der Waals surface area contributed by atoms with Gasteiger partial charge in [-0.15, -0.1) is 13.2 Å². The zero-order chi connectivity index (χ0) is 41.8. The number of aryl methyl sites for hydroxylation is 2. The van der Waals surface area contributed by atoms with E-state index in [0.29, 0.717) is 39.1 Å². The van der Waals surface area contributed by atoms with Crippen molar-refractivity contribution in [3.05, 3.63) is 145 Å². The summed E-state index contributed by atoms with van der Waals surface area (Å²) in [5, 5.41) is 39.5. The van der Waals surface area contributed by atoms with Crippen LogP contribution in [0, 0.1) is 0 Å². The van der Waals surface area contributed by atoms with Crippen molar-refractivity contribution in [2.45, 2.75) is 44.8 Å². The molecule has 1 amide bonds. The van der Waals surface area contributed by atoms with E-state index >= 15 is 0 Å². The number of nitrogens with one attached hydrogen (secondary N) is 1. The molecule has 0 bridgehead atoms. The number of hydrogen-bond donors (Lipinski definition) is 6. The molecule has 4 aromatic rings. The number of benzene rings is 2. The van der Waals surface area contributed by atoms with Crippen molar-refractivity contribution in [3.8, 4) is 0 Å². The van der Waals surface area contributed by atoms with Gasteiger partial charge >= 0.3 is 0 Å². The molecule has 2 aromatic carbocycles. The molecule has 2 aromatic heterocycles. The van der Waals surface area contributed by atoms with Crippen LogP contribution in [0.3, 0.4) is 0 Å². The molecule has 1 atom stereocenters. The Labute approximate surface area is 345 Å². The number of aliphatic hydroxyl groups is 4. The van der Waals surface area contributed by atoms with Crippen molar-refractivity contribution in [2.75, 3.05) is 69.0 Å². The number of aliphatic hydroxyl groups excluding tert-OH is 4. The molecule has 7 N–H and O–H groups in total. The van der Waals surface area contributed by atoms with Crippen molar-refractivity contribution < 1.29 is 34.4 Å². The van der Waals surface area contributed by atoms with Gasteiger partial charge in [-0.2, -0.15) is 4.57 Å². The average Bonchev–Trinajstić information content (AvgIpc) is 3.25. The topological polar surface area (TPSA) is 150 Å². The average molecular weight is 793 g/mol. The number of carbonyl (C=O) groups excluding carboxylic acids is 1. The highest BCUT2D eigenvalue weighted by Gasteiger charge is 2.12. The van der Waals surface area contributed by atoms with Crippen LogP contribution in [0.5, 0.6) is 0 Å². The summed E-state index contributed by atoms with van der Waals surface area (Å²) in [5.74, 6) is -0.132. The Hall–Kier alpha value is -5.43. The smallest absolute Gasteiger partial charge is 0.237 e. The fourth-order valence-electron chi connectivity index (χ4n) is 6.04. The Bertz CT molecular complexity index is 1800. The predicted molar refractivity (Wildman–Crippen MR) is 237 cm³/mol. The van der Waals surface area contributed by atoms with E-state index in [1.165, 1.54) is 0 Å². The minimum atomic E-state index is -0.524. The fourth-order valence-corrected chi connectivity index (χ4v) is 6.04. The molecule has 0 spiro atoms. The zero-order valence-electron chi connectivity index (χ0n) is 33.9. The molecule has 11 heteroatoms. The number of rotatable bonds is 25. The summed E-state index contributed by atoms with van der Waals surface area (Å²) in [4.78, 5) is 15.8. The van der Waals surface area contributed by atoms with E-state index in [1.807, 2.05) is 76.5 Å². The van der Waals surface area contributed by atoms with Gasteiger partial charge in [0.1, 0.15) is 6.54 Å². The van der Waals surface area contributed by atoms with Crippen molar-refractivity contribution in [3.63, 3.8) is 0 Å². The molecule has 0 aliphatic heterocycles. The molecule has 11 nitrogen and oxygen atoms in total. The summed E-state index contributed by atoms with van der Waals surface area (Å²) in [5.41, 5.74) is 12.2. The third kappa shape index (κ3) is 17.4. The highest BCUT2D eigenvalue weighted by Crippen LogP contribution is 2.18. The van der Waals surface area contributed by atoms with Gasteiger partial charge in [0.05, 0.1) is 32.5 Å². The van der Waals surface area contributed by atoms with Gasteiger partial charge in [-0.1, -0.05) is 48.6 Å². The van der Waals surface area contributed by atoms with E-state index in [2.05, 4.69) is 88.7 Å². The Kier molecular flexibility index (Phi) is 22.7. The predicted octanol–water partition coefficient (Wildman–Crippen LogP) is 4.25. The second-order valence-corrected chi connectivity index (χ2v) is 13.6. The molecule has 0 saturated carbocycles.